The molecule has 0 radical (unpaired) electrons. The summed E-state index contributed by atoms with van der Waals surface area (Å²) in [5, 5.41) is 0. The molecule has 8 atom stereocenters. The van der Waals surface area contributed by atoms with Gasteiger partial charge in [0.25, 0.3) is 17.5 Å². The number of aromatic nitrogens is 8. The smallest absolute Gasteiger partial charge is 0.332 e. The first-order valence-corrected chi connectivity index (χ1v) is 17.9. The number of fused-ring (bicyclic) bond motifs is 22. The second-order valence-electron chi connectivity index (χ2n) is 15.3. The minimum Gasteiger partial charge on any atom is -0.332 e. The van der Waals surface area contributed by atoms with Crippen LogP contribution in [0.2, 0.25) is 0 Å². The molecule has 2 aliphatic heterocycles. The van der Waals surface area contributed by atoms with E-state index in [2.05, 4.69) is 9.97 Å². The number of allylic oxidation sites excluding steroid dienone is 7. The average Bonchev–Trinajstić information content (AvgIpc) is 4.04. The van der Waals surface area contributed by atoms with E-state index < -0.39 is 93.6 Å². The Labute approximate surface area is 328 Å². The van der Waals surface area contributed by atoms with Crippen molar-refractivity contribution < 1.29 is 48.3 Å². The van der Waals surface area contributed by atoms with Crippen molar-refractivity contribution in [1.29, 1.82) is 0 Å². The Morgan fingerprint density at radius 2 is 0.946 bits per heavy atom. The molecule has 13 rings (SSSR count). The fraction of sp³-hybridized carbons (Fsp3) is 0.282. The number of nitrogens with one attached hydrogen (secondary N) is 2. The van der Waals surface area contributed by atoms with Crippen LogP contribution in [0.5, 0.6) is 0 Å². The molecule has 2 saturated carbocycles. The van der Waals surface area contributed by atoms with Crippen LogP contribution in [-0.2, 0) is 38.4 Å². The van der Waals surface area contributed by atoms with Crippen LogP contribution in [0, 0.1) is 23.7 Å². The zero-order valence-electron chi connectivity index (χ0n) is 29.1. The van der Waals surface area contributed by atoms with Crippen molar-refractivity contribution in [2.45, 2.75) is 43.4 Å². The van der Waals surface area contributed by atoms with E-state index >= 15 is 0 Å². The van der Waals surface area contributed by atoms with Crippen LogP contribution in [0.4, 0.5) is 0 Å². The largest absolute Gasteiger partial charge is 2.00 e. The van der Waals surface area contributed by atoms with E-state index in [9.17, 15) is 38.4 Å². The van der Waals surface area contributed by atoms with Gasteiger partial charge in [-0.3, -0.25) is 48.3 Å². The number of H-pyrrole nitrogens is 2. The third-order valence-electron chi connectivity index (χ3n) is 12.6. The molecule has 5 heterocycles. The van der Waals surface area contributed by atoms with Crippen LogP contribution < -0.4 is 19.9 Å². The number of aromatic amines is 2. The predicted octanol–water partition coefficient (Wildman–Crippen LogP) is -0.578. The van der Waals surface area contributed by atoms with Gasteiger partial charge >= 0.3 is 23.1 Å². The number of nitrogens with zero attached hydrogens (tertiary/aromatic N) is 6. The summed E-state index contributed by atoms with van der Waals surface area (Å²) in [5.74, 6) is -10.9. The topological polar surface area (TPSA) is 245 Å². The van der Waals surface area contributed by atoms with Gasteiger partial charge in [-0.15, -0.1) is 4.98 Å². The summed E-state index contributed by atoms with van der Waals surface area (Å²) in [4.78, 5) is 141. The van der Waals surface area contributed by atoms with Crippen molar-refractivity contribution in [3.8, 4) is 0 Å². The van der Waals surface area contributed by atoms with Crippen molar-refractivity contribution in [3.63, 3.8) is 0 Å². The number of ketones is 8. The molecule has 0 saturated heterocycles. The molecular weight excluding hydrogens is 733 g/mol. The maximum absolute atomic E-state index is 13.5. The number of hydrogen-bond donors (Lipinski definition) is 0. The molecule has 10 aliphatic rings. The van der Waals surface area contributed by atoms with Crippen LogP contribution in [0.3, 0.4) is 0 Å². The van der Waals surface area contributed by atoms with Gasteiger partial charge < -0.3 is 9.97 Å². The van der Waals surface area contributed by atoms with Gasteiger partial charge in [-0.05, 0) is 18.4 Å². The molecule has 3 aromatic rings. The van der Waals surface area contributed by atoms with E-state index in [0.29, 0.717) is 33.4 Å². The molecule has 14 bridgehead atoms. The fourth-order valence-corrected chi connectivity index (χ4v) is 10.0. The minimum atomic E-state index is -1.05. The van der Waals surface area contributed by atoms with Gasteiger partial charge in [-0.1, -0.05) is 41.2 Å². The van der Waals surface area contributed by atoms with E-state index in [1.54, 1.807) is 37.3 Å². The van der Waals surface area contributed by atoms with E-state index in [1.807, 2.05) is 0 Å². The van der Waals surface area contributed by atoms with Crippen LogP contribution in [0.15, 0.2) is 24.3 Å². The maximum atomic E-state index is 13.5. The van der Waals surface area contributed by atoms with Gasteiger partial charge in [0, 0.05) is 51.1 Å². The van der Waals surface area contributed by atoms with Gasteiger partial charge in [0.15, 0.2) is 16.9 Å². The summed E-state index contributed by atoms with van der Waals surface area (Å²) in [7, 11) is 0. The average molecular weight is 755 g/mol. The van der Waals surface area contributed by atoms with Crippen molar-refractivity contribution in [3.05, 3.63) is 69.9 Å². The number of carbonyl (C=O) groups excluding carboxylic acids is 8. The van der Waals surface area contributed by atoms with Crippen LogP contribution in [0.25, 0.3) is 45.4 Å². The Kier molecular flexibility index (Phi) is 6.43. The molecule has 8 unspecified atom stereocenters. The summed E-state index contributed by atoms with van der Waals surface area (Å²) in [6.07, 6.45) is 8.52. The summed E-state index contributed by atoms with van der Waals surface area (Å²) in [5.41, 5.74) is 3.18. The Morgan fingerprint density at radius 3 is 1.52 bits per heavy atom. The molecule has 3 aromatic heterocycles. The number of hydrogen-bond acceptors (Lipinski definition) is 12. The Morgan fingerprint density at radius 1 is 0.500 bits per heavy atom. The van der Waals surface area contributed by atoms with E-state index in [1.165, 1.54) is 0 Å². The zero-order chi connectivity index (χ0) is 37.5. The van der Waals surface area contributed by atoms with Gasteiger partial charge in [-0.25, -0.2) is 4.98 Å². The second kappa shape index (κ2) is 10.8. The molecular formula is C39H22MgN8O8+2. The molecule has 16 nitrogen and oxygen atoms in total. The molecule has 2 fully saturated rings. The van der Waals surface area contributed by atoms with E-state index in [-0.39, 0.29) is 87.4 Å². The normalized spacial score (nSPS) is 30.1. The summed E-state index contributed by atoms with van der Waals surface area (Å²) >= 11 is 0. The van der Waals surface area contributed by atoms with Crippen molar-refractivity contribution >= 4 is 115 Å². The molecule has 17 heteroatoms. The van der Waals surface area contributed by atoms with E-state index in [4.69, 9.17) is 29.9 Å². The number of Topliss-reactive ketones (excluding diaryl/α,β-unsaturated/α-hetero) is 8. The van der Waals surface area contributed by atoms with Crippen LogP contribution in [-0.4, -0.2) is 89.3 Å². The number of carbonyl (C=O) groups is 8. The third-order valence-corrected chi connectivity index (χ3v) is 12.6. The Hall–Kier alpha value is -6.07. The minimum absolute atomic E-state index is 0. The summed E-state index contributed by atoms with van der Waals surface area (Å²) in [6.45, 7) is 1.63. The maximum Gasteiger partial charge on any atom is 2.00 e. The molecule has 8 aliphatic carbocycles. The van der Waals surface area contributed by atoms with Crippen LogP contribution in [0.1, 0.15) is 89.0 Å². The van der Waals surface area contributed by atoms with Gasteiger partial charge in [0.05, 0.1) is 41.4 Å². The Balaban J connectivity index is 0.00000363. The van der Waals surface area contributed by atoms with Crippen LogP contribution >= 0.6 is 0 Å². The zero-order valence-corrected chi connectivity index (χ0v) is 30.5. The predicted molar refractivity (Wildman–Crippen MR) is 186 cm³/mol. The summed E-state index contributed by atoms with van der Waals surface area (Å²) in [6, 6.07) is 0. The van der Waals surface area contributed by atoms with Crippen molar-refractivity contribution in [1.82, 2.24) is 29.9 Å². The monoisotopic (exact) mass is 754 g/mol. The standard InChI is InChI=1S/C39H20N8O8.Mg/c1-9-2-3-10(26(49)25(9)48)13-8-18-40-33(13)42-35-19-11-4-5-12(28(51)27(11)50)20(19)36(44-35)45-38-23-16-7-17(32(55)31(16)54)24(23)39(47-38)46-37-22-15-6-14(29(52)30(15)53)21(22)34(41-18)43-37;/h2-5,8-12,14-17H,6-7H2,1H3;/q-2;+2/p+2. The quantitative estimate of drug-likeness (QED) is 0.172. The molecule has 0 aromatic carbocycles. The molecule has 0 spiro atoms. The summed E-state index contributed by atoms with van der Waals surface area (Å²) < 4.78 is 0. The van der Waals surface area contributed by atoms with Crippen molar-refractivity contribution in [2.24, 2.45) is 23.7 Å². The first kappa shape index (κ1) is 33.3. The van der Waals surface area contributed by atoms with Gasteiger partial charge in [-0.2, -0.15) is 0 Å². The third kappa shape index (κ3) is 3.93. The van der Waals surface area contributed by atoms with Gasteiger partial charge in [0.2, 0.25) is 46.3 Å². The fourth-order valence-electron chi connectivity index (χ4n) is 10.0. The van der Waals surface area contributed by atoms with Crippen molar-refractivity contribution in [2.75, 3.05) is 0 Å². The number of rotatable bonds is 1. The van der Waals surface area contributed by atoms with E-state index in [0.717, 1.165) is 0 Å². The first-order chi connectivity index (χ1) is 26.5. The molecule has 0 amide bonds. The van der Waals surface area contributed by atoms with Gasteiger partial charge in [0.1, 0.15) is 5.82 Å². The Bertz CT molecular complexity index is 2970. The molecule has 2 N–H and O–H groups in total. The molecule has 56 heavy (non-hydrogen) atoms. The second-order valence-corrected chi connectivity index (χ2v) is 15.3. The molecule has 266 valence electrons. The SMILES string of the molecule is CC1C=CC(C2=Cc3nc4[n-]c(nc5[nH+]c(nc6[n-]c(nc2[nH+]3)c2c6C3C=CC2C(=O)C3=O)C2=C5C3CC2C(=O)C3=O)c2c4C3CC2C(=O)C3=O)C(=O)C1=O.[Mg+2]. The first-order valence-electron chi connectivity index (χ1n) is 17.9.